The van der Waals surface area contributed by atoms with Gasteiger partial charge in [0.25, 0.3) is 11.6 Å². The molecule has 0 unspecified atom stereocenters. The molecule has 0 aliphatic carbocycles. The number of amides is 1. The zero-order chi connectivity index (χ0) is 13.0. The average molecular weight is 286 g/mol. The molecule has 1 aromatic carbocycles. The molecule has 0 bridgehead atoms. The number of nitro benzene ring substituents is 1. The molecule has 1 amide bonds. The Labute approximate surface area is 117 Å². The summed E-state index contributed by atoms with van der Waals surface area (Å²) < 4.78 is 0. The number of non-ortho nitro benzene ring substituents is 1. The van der Waals surface area contributed by atoms with Crippen LogP contribution < -0.4 is 10.6 Å². The van der Waals surface area contributed by atoms with Crippen molar-refractivity contribution in [3.63, 3.8) is 0 Å². The molecular weight excluding hydrogens is 270 g/mol. The Bertz CT molecular complexity index is 461. The van der Waals surface area contributed by atoms with Crippen LogP contribution in [-0.2, 0) is 0 Å². The fraction of sp³-hybridized carbons (Fsp3) is 0.417. The van der Waals surface area contributed by atoms with E-state index in [2.05, 4.69) is 10.6 Å². The van der Waals surface area contributed by atoms with Crippen LogP contribution >= 0.6 is 12.4 Å². The molecule has 0 saturated carbocycles. The highest BCUT2D eigenvalue weighted by molar-refractivity contribution is 5.95. The van der Waals surface area contributed by atoms with Gasteiger partial charge in [-0.1, -0.05) is 6.07 Å². The first-order valence-electron chi connectivity index (χ1n) is 5.93. The topological polar surface area (TPSA) is 84.3 Å². The number of nitrogens with one attached hydrogen (secondary N) is 2. The molecule has 19 heavy (non-hydrogen) atoms. The second-order valence-corrected chi connectivity index (χ2v) is 4.32. The molecule has 1 aliphatic heterocycles. The fourth-order valence-electron chi connectivity index (χ4n) is 2.00. The van der Waals surface area contributed by atoms with Gasteiger partial charge in [0.1, 0.15) is 0 Å². The van der Waals surface area contributed by atoms with Crippen LogP contribution in [-0.4, -0.2) is 30.0 Å². The number of hydrogen-bond donors (Lipinski definition) is 2. The summed E-state index contributed by atoms with van der Waals surface area (Å²) in [6, 6.07) is 5.88. The van der Waals surface area contributed by atoms with Gasteiger partial charge >= 0.3 is 0 Å². The van der Waals surface area contributed by atoms with Crippen molar-refractivity contribution in [1.29, 1.82) is 0 Å². The largest absolute Gasteiger partial charge is 0.348 e. The first-order valence-corrected chi connectivity index (χ1v) is 5.93. The molecule has 0 aromatic heterocycles. The summed E-state index contributed by atoms with van der Waals surface area (Å²) in [5, 5.41) is 16.7. The van der Waals surface area contributed by atoms with E-state index in [1.165, 1.54) is 18.2 Å². The highest BCUT2D eigenvalue weighted by Crippen LogP contribution is 2.13. The monoisotopic (exact) mass is 285 g/mol. The van der Waals surface area contributed by atoms with Gasteiger partial charge in [0.05, 0.1) is 4.92 Å². The molecule has 0 radical (unpaired) electrons. The molecule has 2 N–H and O–H groups in total. The van der Waals surface area contributed by atoms with Crippen LogP contribution in [0.5, 0.6) is 0 Å². The molecule has 1 atom stereocenters. The van der Waals surface area contributed by atoms with Crippen LogP contribution in [0.15, 0.2) is 24.3 Å². The Kier molecular flexibility index (Phi) is 5.72. The van der Waals surface area contributed by atoms with Crippen molar-refractivity contribution in [2.45, 2.75) is 18.9 Å². The van der Waals surface area contributed by atoms with E-state index in [0.29, 0.717) is 5.56 Å². The first kappa shape index (κ1) is 15.4. The second kappa shape index (κ2) is 7.06. The van der Waals surface area contributed by atoms with Gasteiger partial charge in [-0.2, -0.15) is 0 Å². The van der Waals surface area contributed by atoms with Crippen LogP contribution in [0.1, 0.15) is 23.2 Å². The van der Waals surface area contributed by atoms with Crippen molar-refractivity contribution in [3.05, 3.63) is 39.9 Å². The van der Waals surface area contributed by atoms with Gasteiger partial charge < -0.3 is 10.6 Å². The number of halogens is 1. The molecule has 6 nitrogen and oxygen atoms in total. The summed E-state index contributed by atoms with van der Waals surface area (Å²) in [4.78, 5) is 22.1. The van der Waals surface area contributed by atoms with Crippen LogP contribution in [0, 0.1) is 10.1 Å². The number of piperidine rings is 1. The fourth-order valence-corrected chi connectivity index (χ4v) is 2.00. The highest BCUT2D eigenvalue weighted by Gasteiger charge is 2.17. The minimum atomic E-state index is -0.501. The highest BCUT2D eigenvalue weighted by atomic mass is 35.5. The molecule has 2 rings (SSSR count). The Balaban J connectivity index is 0.00000180. The third kappa shape index (κ3) is 4.18. The zero-order valence-corrected chi connectivity index (χ0v) is 11.1. The van der Waals surface area contributed by atoms with Gasteiger partial charge in [-0.15, -0.1) is 12.4 Å². The van der Waals surface area contributed by atoms with Gasteiger partial charge in [0, 0.05) is 30.3 Å². The average Bonchev–Trinajstić information content (AvgIpc) is 2.40. The van der Waals surface area contributed by atoms with Crippen LogP contribution in [0.2, 0.25) is 0 Å². The van der Waals surface area contributed by atoms with Crippen LogP contribution in [0.3, 0.4) is 0 Å². The third-order valence-electron chi connectivity index (χ3n) is 2.95. The molecule has 7 heteroatoms. The summed E-state index contributed by atoms with van der Waals surface area (Å²) in [5.74, 6) is -0.257. The Hall–Kier alpha value is -1.66. The number of hydrogen-bond acceptors (Lipinski definition) is 4. The zero-order valence-electron chi connectivity index (χ0n) is 10.3. The molecular formula is C12H16ClN3O3. The molecule has 1 aromatic rings. The maximum Gasteiger partial charge on any atom is 0.270 e. The van der Waals surface area contributed by atoms with E-state index in [0.717, 1.165) is 25.9 Å². The summed E-state index contributed by atoms with van der Waals surface area (Å²) in [6.45, 7) is 1.73. The number of carbonyl (C=O) groups is 1. The minimum absolute atomic E-state index is 0. The maximum absolute atomic E-state index is 11.9. The normalized spacial score (nSPS) is 18.2. The van der Waals surface area contributed by atoms with Crippen molar-refractivity contribution in [3.8, 4) is 0 Å². The summed E-state index contributed by atoms with van der Waals surface area (Å²) in [7, 11) is 0. The van der Waals surface area contributed by atoms with Gasteiger partial charge in [-0.05, 0) is 25.5 Å². The van der Waals surface area contributed by atoms with Crippen molar-refractivity contribution in [2.24, 2.45) is 0 Å². The third-order valence-corrected chi connectivity index (χ3v) is 2.95. The lowest BCUT2D eigenvalue weighted by atomic mass is 10.1. The lowest BCUT2D eigenvalue weighted by Gasteiger charge is -2.23. The summed E-state index contributed by atoms with van der Waals surface area (Å²) >= 11 is 0. The first-order chi connectivity index (χ1) is 8.66. The lowest BCUT2D eigenvalue weighted by molar-refractivity contribution is -0.384. The van der Waals surface area contributed by atoms with E-state index in [-0.39, 0.29) is 30.0 Å². The standard InChI is InChI=1S/C12H15N3O3.ClH/c16-12(14-10-4-2-6-13-8-10)9-3-1-5-11(7-9)15(17)18;/h1,3,5,7,10,13H,2,4,6,8H2,(H,14,16);1H/t10-;/m1./s1. The Morgan fingerprint density at radius 2 is 2.26 bits per heavy atom. The van der Waals surface area contributed by atoms with Crippen LogP contribution in [0.25, 0.3) is 0 Å². The molecule has 1 fully saturated rings. The summed E-state index contributed by atoms with van der Waals surface area (Å²) in [6.07, 6.45) is 1.97. The number of benzene rings is 1. The van der Waals surface area contributed by atoms with Crippen molar-refractivity contribution in [2.75, 3.05) is 13.1 Å². The number of carbonyl (C=O) groups excluding carboxylic acids is 1. The van der Waals surface area contributed by atoms with E-state index in [1.807, 2.05) is 0 Å². The number of nitrogens with zero attached hydrogens (tertiary/aromatic N) is 1. The number of rotatable bonds is 3. The van der Waals surface area contributed by atoms with E-state index in [9.17, 15) is 14.9 Å². The van der Waals surface area contributed by atoms with E-state index in [1.54, 1.807) is 6.07 Å². The lowest BCUT2D eigenvalue weighted by Crippen LogP contribution is -2.45. The predicted octanol–water partition coefficient (Wildman–Crippen LogP) is 1.50. The van der Waals surface area contributed by atoms with Gasteiger partial charge in [-0.3, -0.25) is 14.9 Å². The smallest absolute Gasteiger partial charge is 0.270 e. The molecule has 1 saturated heterocycles. The van der Waals surface area contributed by atoms with E-state index in [4.69, 9.17) is 0 Å². The SMILES string of the molecule is Cl.O=C(N[C@@H]1CCCNC1)c1cccc([N+](=O)[O-])c1. The van der Waals surface area contributed by atoms with Gasteiger partial charge in [-0.25, -0.2) is 0 Å². The number of nitro groups is 1. The summed E-state index contributed by atoms with van der Waals surface area (Å²) in [5.41, 5.74) is 0.263. The minimum Gasteiger partial charge on any atom is -0.348 e. The second-order valence-electron chi connectivity index (χ2n) is 4.32. The Morgan fingerprint density at radius 3 is 2.89 bits per heavy atom. The quantitative estimate of drug-likeness (QED) is 0.651. The van der Waals surface area contributed by atoms with Crippen molar-refractivity contribution < 1.29 is 9.72 Å². The van der Waals surface area contributed by atoms with Gasteiger partial charge in [0.2, 0.25) is 0 Å². The molecule has 1 aliphatic rings. The Morgan fingerprint density at radius 1 is 1.47 bits per heavy atom. The maximum atomic E-state index is 11.9. The molecule has 0 spiro atoms. The van der Waals surface area contributed by atoms with Crippen molar-refractivity contribution in [1.82, 2.24) is 10.6 Å². The predicted molar refractivity (Wildman–Crippen MR) is 73.7 cm³/mol. The van der Waals surface area contributed by atoms with E-state index < -0.39 is 4.92 Å². The van der Waals surface area contributed by atoms with Crippen molar-refractivity contribution >= 4 is 24.0 Å². The molecule has 1 heterocycles. The molecule has 104 valence electrons. The van der Waals surface area contributed by atoms with Gasteiger partial charge in [0.15, 0.2) is 0 Å². The van der Waals surface area contributed by atoms with Crippen LogP contribution in [0.4, 0.5) is 5.69 Å². The van der Waals surface area contributed by atoms with E-state index >= 15 is 0 Å².